The number of hydrogen-bond acceptors (Lipinski definition) is 11. The summed E-state index contributed by atoms with van der Waals surface area (Å²) in [5, 5.41) is 53.5. The third-order valence-electron chi connectivity index (χ3n) is 9.80. The van der Waals surface area contributed by atoms with E-state index in [9.17, 15) is 25.5 Å². The number of carbonyl (C=O) groups is 1. The van der Waals surface area contributed by atoms with Gasteiger partial charge >= 0.3 is 5.97 Å². The Hall–Kier alpha value is -5.99. The van der Waals surface area contributed by atoms with Gasteiger partial charge in [0.05, 0.1) is 29.9 Å². The SMILES string of the molecule is Cc1c(COc2nc(OCc3cc(C#N)cc(C#N)c3)c(CNC(C)(CCO)C(=O)O)cc2Cl)cccc1-c1cccc(-c2ccc(OCCNCCO)cc2)c1C. The minimum atomic E-state index is -1.45. The Morgan fingerprint density at radius 3 is 2.10 bits per heavy atom. The van der Waals surface area contributed by atoms with Gasteiger partial charge in [0.25, 0.3) is 0 Å². The van der Waals surface area contributed by atoms with E-state index in [4.69, 9.17) is 30.9 Å². The van der Waals surface area contributed by atoms with Crippen LogP contribution in [0.25, 0.3) is 22.3 Å². The second kappa shape index (κ2) is 20.4. The number of aliphatic hydroxyl groups excluding tert-OH is 2. The van der Waals surface area contributed by atoms with Gasteiger partial charge in [0.2, 0.25) is 11.8 Å². The summed E-state index contributed by atoms with van der Waals surface area (Å²) < 4.78 is 18.2. The fourth-order valence-electron chi connectivity index (χ4n) is 6.38. The average molecular weight is 804 g/mol. The van der Waals surface area contributed by atoms with E-state index in [2.05, 4.69) is 40.7 Å². The Bertz CT molecular complexity index is 2270. The van der Waals surface area contributed by atoms with E-state index in [1.165, 1.54) is 13.0 Å². The van der Waals surface area contributed by atoms with Crippen molar-refractivity contribution in [2.24, 2.45) is 0 Å². The van der Waals surface area contributed by atoms with E-state index in [0.717, 1.165) is 44.7 Å². The number of aliphatic carboxylic acids is 1. The van der Waals surface area contributed by atoms with Crippen molar-refractivity contribution in [2.45, 2.75) is 52.5 Å². The van der Waals surface area contributed by atoms with Crippen LogP contribution in [-0.2, 0) is 24.6 Å². The zero-order chi connectivity index (χ0) is 41.7. The summed E-state index contributed by atoms with van der Waals surface area (Å²) in [6.45, 7) is 7.08. The highest BCUT2D eigenvalue weighted by Crippen LogP contribution is 2.36. The molecule has 1 heterocycles. The summed E-state index contributed by atoms with van der Waals surface area (Å²) in [5.74, 6) is -0.167. The monoisotopic (exact) mass is 803 g/mol. The van der Waals surface area contributed by atoms with Crippen LogP contribution in [0.2, 0.25) is 5.02 Å². The van der Waals surface area contributed by atoms with Gasteiger partial charge in [-0.3, -0.25) is 10.1 Å². The number of nitriles is 2. The van der Waals surface area contributed by atoms with Crippen LogP contribution in [-0.4, -0.2) is 64.7 Å². The summed E-state index contributed by atoms with van der Waals surface area (Å²) in [7, 11) is 0. The van der Waals surface area contributed by atoms with E-state index >= 15 is 0 Å². The quantitative estimate of drug-likeness (QED) is 0.0515. The van der Waals surface area contributed by atoms with Crippen molar-refractivity contribution < 1.29 is 34.3 Å². The van der Waals surface area contributed by atoms with Crippen LogP contribution in [0.1, 0.15) is 52.3 Å². The zero-order valence-electron chi connectivity index (χ0n) is 32.6. The molecule has 1 atom stereocenters. The van der Waals surface area contributed by atoms with Crippen molar-refractivity contribution in [1.29, 1.82) is 10.5 Å². The molecule has 0 spiro atoms. The number of ether oxygens (including phenoxy) is 3. The molecule has 0 saturated heterocycles. The van der Waals surface area contributed by atoms with Crippen molar-refractivity contribution in [1.82, 2.24) is 15.6 Å². The summed E-state index contributed by atoms with van der Waals surface area (Å²) in [5.41, 5.74) is 7.44. The first-order valence-corrected chi connectivity index (χ1v) is 19.1. The molecule has 0 aliphatic carbocycles. The number of benzene rings is 4. The van der Waals surface area contributed by atoms with Crippen LogP contribution in [0.5, 0.6) is 17.5 Å². The van der Waals surface area contributed by atoms with Crippen LogP contribution in [0, 0.1) is 36.5 Å². The van der Waals surface area contributed by atoms with Gasteiger partial charge in [-0.05, 0) is 108 Å². The number of hydrogen-bond donors (Lipinski definition) is 5. The molecule has 12 nitrogen and oxygen atoms in total. The first kappa shape index (κ1) is 43.1. The van der Waals surface area contributed by atoms with Crippen molar-refractivity contribution in [3.63, 3.8) is 0 Å². The third-order valence-corrected chi connectivity index (χ3v) is 10.1. The second-order valence-electron chi connectivity index (χ2n) is 13.8. The number of carboxylic acid groups (broad SMARTS) is 1. The maximum absolute atomic E-state index is 12.1. The van der Waals surface area contributed by atoms with Gasteiger partial charge in [-0.2, -0.15) is 15.5 Å². The highest BCUT2D eigenvalue weighted by molar-refractivity contribution is 6.31. The molecule has 5 N–H and O–H groups in total. The molecule has 58 heavy (non-hydrogen) atoms. The standard InChI is InChI=1S/C45H46ClN5O7/c1-29-35(6-4-8-39(29)40-9-5-7-38(30(40)2)34-10-12-37(13-11-34)56-19-16-49-15-18-53)28-58-43-41(46)23-36(26-50-45(3,14-17-52)44(54)55)42(51-43)57-27-33-21-31(24-47)20-32(22-33)25-48/h4-13,20-23,49-50,52-53H,14-19,26-28H2,1-3H3,(H,54,55). The molecule has 0 radical (unpaired) electrons. The summed E-state index contributed by atoms with van der Waals surface area (Å²) in [6.07, 6.45) is -0.0461. The van der Waals surface area contributed by atoms with Gasteiger partial charge in [-0.25, -0.2) is 0 Å². The minimum absolute atomic E-state index is 0.0197. The zero-order valence-corrected chi connectivity index (χ0v) is 33.4. The molecular weight excluding hydrogens is 758 g/mol. The normalized spacial score (nSPS) is 11.9. The first-order chi connectivity index (χ1) is 28.0. The van der Waals surface area contributed by atoms with Crippen molar-refractivity contribution in [3.8, 4) is 51.9 Å². The van der Waals surface area contributed by atoms with Crippen LogP contribution >= 0.6 is 11.6 Å². The Morgan fingerprint density at radius 1 is 0.793 bits per heavy atom. The van der Waals surface area contributed by atoms with E-state index in [1.807, 2.05) is 61.5 Å². The van der Waals surface area contributed by atoms with Crippen molar-refractivity contribution >= 4 is 17.6 Å². The van der Waals surface area contributed by atoms with Gasteiger partial charge in [0, 0.05) is 31.8 Å². The van der Waals surface area contributed by atoms with E-state index in [-0.39, 0.29) is 56.2 Å². The number of rotatable bonds is 20. The molecule has 0 saturated carbocycles. The van der Waals surface area contributed by atoms with Gasteiger partial charge in [-0.15, -0.1) is 0 Å². The van der Waals surface area contributed by atoms with Crippen LogP contribution in [0.15, 0.2) is 84.9 Å². The maximum Gasteiger partial charge on any atom is 0.323 e. The predicted molar refractivity (Wildman–Crippen MR) is 221 cm³/mol. The lowest BCUT2D eigenvalue weighted by atomic mass is 9.89. The minimum Gasteiger partial charge on any atom is -0.492 e. The Kier molecular flexibility index (Phi) is 15.2. The molecule has 5 rings (SSSR count). The summed E-state index contributed by atoms with van der Waals surface area (Å²) in [6, 6.07) is 30.6. The molecule has 0 bridgehead atoms. The van der Waals surface area contributed by atoms with E-state index in [0.29, 0.717) is 42.0 Å². The smallest absolute Gasteiger partial charge is 0.323 e. The van der Waals surface area contributed by atoms with Gasteiger partial charge < -0.3 is 34.8 Å². The van der Waals surface area contributed by atoms with Gasteiger partial charge in [0.1, 0.15) is 36.1 Å². The van der Waals surface area contributed by atoms with Gasteiger partial charge in [-0.1, -0.05) is 60.1 Å². The van der Waals surface area contributed by atoms with Gasteiger partial charge in [0.15, 0.2) is 0 Å². The molecule has 1 aromatic heterocycles. The first-order valence-electron chi connectivity index (χ1n) is 18.7. The molecular formula is C45H46ClN5O7. The molecule has 4 aromatic carbocycles. The lowest BCUT2D eigenvalue weighted by molar-refractivity contribution is -0.145. The number of aromatic nitrogens is 1. The molecule has 13 heteroatoms. The second-order valence-corrected chi connectivity index (χ2v) is 14.2. The maximum atomic E-state index is 12.1. The highest BCUT2D eigenvalue weighted by atomic mass is 35.5. The summed E-state index contributed by atoms with van der Waals surface area (Å²) in [4.78, 5) is 16.7. The van der Waals surface area contributed by atoms with Crippen molar-refractivity contribution in [2.75, 3.05) is 32.9 Å². The fourth-order valence-corrected chi connectivity index (χ4v) is 6.61. The number of carboxylic acids is 1. The summed E-state index contributed by atoms with van der Waals surface area (Å²) >= 11 is 6.74. The average Bonchev–Trinajstić information content (AvgIpc) is 3.22. The molecule has 5 aromatic rings. The number of pyridine rings is 1. The fraction of sp³-hybridized carbons (Fsp3) is 0.289. The van der Waals surface area contributed by atoms with Crippen LogP contribution in [0.4, 0.5) is 0 Å². The van der Waals surface area contributed by atoms with Crippen LogP contribution < -0.4 is 24.8 Å². The molecule has 300 valence electrons. The van der Waals surface area contributed by atoms with E-state index < -0.39 is 11.5 Å². The number of nitrogens with zero attached hydrogens (tertiary/aromatic N) is 3. The number of nitrogens with one attached hydrogen (secondary N) is 2. The molecule has 0 amide bonds. The molecule has 0 aliphatic rings. The Labute approximate surface area is 343 Å². The number of halogens is 1. The number of aliphatic hydroxyl groups is 2. The lowest BCUT2D eigenvalue weighted by Crippen LogP contribution is -2.49. The van der Waals surface area contributed by atoms with Crippen LogP contribution in [0.3, 0.4) is 0 Å². The lowest BCUT2D eigenvalue weighted by Gasteiger charge is -2.26. The largest absolute Gasteiger partial charge is 0.492 e. The predicted octanol–water partition coefficient (Wildman–Crippen LogP) is 6.86. The molecule has 1 unspecified atom stereocenters. The molecule has 0 fully saturated rings. The topological polar surface area (TPSA) is 190 Å². The molecule has 0 aliphatic heterocycles. The Morgan fingerprint density at radius 2 is 1.45 bits per heavy atom. The highest BCUT2D eigenvalue weighted by Gasteiger charge is 2.32. The van der Waals surface area contributed by atoms with Crippen molar-refractivity contribution in [3.05, 3.63) is 129 Å². The van der Waals surface area contributed by atoms with E-state index in [1.54, 1.807) is 18.2 Å². The third kappa shape index (κ3) is 10.9. The Balaban J connectivity index is 1.38.